The molecule has 0 aliphatic heterocycles. The fourth-order valence-electron chi connectivity index (χ4n) is 1.65. The van der Waals surface area contributed by atoms with Gasteiger partial charge in [0.2, 0.25) is 0 Å². The first kappa shape index (κ1) is 13.5. The zero-order chi connectivity index (χ0) is 11.0. The van der Waals surface area contributed by atoms with E-state index in [1.165, 1.54) is 25.7 Å². The number of hydrogen-bond donors (Lipinski definition) is 1. The molecule has 0 aromatic carbocycles. The molecule has 0 aromatic rings. The van der Waals surface area contributed by atoms with E-state index in [2.05, 4.69) is 13.8 Å². The van der Waals surface area contributed by atoms with Crippen molar-refractivity contribution in [2.24, 2.45) is 11.8 Å². The SMILES string of the molecule is CCCCC(CC)CCC(C)C(=O)O. The van der Waals surface area contributed by atoms with Crippen LogP contribution in [-0.4, -0.2) is 11.1 Å². The minimum atomic E-state index is -0.657. The highest BCUT2D eigenvalue weighted by atomic mass is 16.4. The van der Waals surface area contributed by atoms with Gasteiger partial charge in [-0.15, -0.1) is 0 Å². The fourth-order valence-corrected chi connectivity index (χ4v) is 1.65. The molecule has 0 saturated heterocycles. The summed E-state index contributed by atoms with van der Waals surface area (Å²) < 4.78 is 0. The van der Waals surface area contributed by atoms with Gasteiger partial charge in [0.1, 0.15) is 0 Å². The van der Waals surface area contributed by atoms with Crippen molar-refractivity contribution in [1.29, 1.82) is 0 Å². The first-order chi connectivity index (χ1) is 6.61. The van der Waals surface area contributed by atoms with Crippen LogP contribution in [0.5, 0.6) is 0 Å². The van der Waals surface area contributed by atoms with Gasteiger partial charge in [-0.25, -0.2) is 0 Å². The molecule has 0 radical (unpaired) electrons. The first-order valence-electron chi connectivity index (χ1n) is 5.84. The molecule has 0 saturated carbocycles. The zero-order valence-electron chi connectivity index (χ0n) is 9.75. The molecule has 0 bridgehead atoms. The van der Waals surface area contributed by atoms with Crippen molar-refractivity contribution in [2.75, 3.05) is 0 Å². The molecule has 0 rings (SSSR count). The minimum absolute atomic E-state index is 0.175. The van der Waals surface area contributed by atoms with Crippen molar-refractivity contribution in [3.63, 3.8) is 0 Å². The molecule has 2 unspecified atom stereocenters. The molecule has 0 fully saturated rings. The number of unbranched alkanes of at least 4 members (excludes halogenated alkanes) is 1. The lowest BCUT2D eigenvalue weighted by atomic mass is 9.91. The number of hydrogen-bond acceptors (Lipinski definition) is 1. The van der Waals surface area contributed by atoms with Crippen molar-refractivity contribution in [3.8, 4) is 0 Å². The molecule has 0 aromatic heterocycles. The van der Waals surface area contributed by atoms with Gasteiger partial charge in [0.05, 0.1) is 5.92 Å². The Hall–Kier alpha value is -0.530. The third kappa shape index (κ3) is 6.01. The monoisotopic (exact) mass is 200 g/mol. The zero-order valence-corrected chi connectivity index (χ0v) is 9.75. The Balaban J connectivity index is 3.66. The van der Waals surface area contributed by atoms with Crippen molar-refractivity contribution in [1.82, 2.24) is 0 Å². The van der Waals surface area contributed by atoms with Crippen LogP contribution < -0.4 is 0 Å². The van der Waals surface area contributed by atoms with E-state index in [4.69, 9.17) is 5.11 Å². The smallest absolute Gasteiger partial charge is 0.306 e. The molecule has 2 heteroatoms. The van der Waals surface area contributed by atoms with Crippen LogP contribution in [0.2, 0.25) is 0 Å². The number of carbonyl (C=O) groups is 1. The van der Waals surface area contributed by atoms with Crippen molar-refractivity contribution in [3.05, 3.63) is 0 Å². The predicted molar refractivity (Wildman–Crippen MR) is 59.3 cm³/mol. The van der Waals surface area contributed by atoms with Crippen LogP contribution in [0.4, 0.5) is 0 Å². The summed E-state index contributed by atoms with van der Waals surface area (Å²) >= 11 is 0. The Morgan fingerprint density at radius 2 is 1.86 bits per heavy atom. The fraction of sp³-hybridized carbons (Fsp3) is 0.917. The molecular weight excluding hydrogens is 176 g/mol. The lowest BCUT2D eigenvalue weighted by molar-refractivity contribution is -0.141. The van der Waals surface area contributed by atoms with Crippen molar-refractivity contribution in [2.45, 2.75) is 59.3 Å². The van der Waals surface area contributed by atoms with E-state index in [0.717, 1.165) is 18.8 Å². The van der Waals surface area contributed by atoms with E-state index in [1.54, 1.807) is 6.92 Å². The molecule has 2 atom stereocenters. The van der Waals surface area contributed by atoms with Crippen LogP contribution >= 0.6 is 0 Å². The maximum atomic E-state index is 10.6. The third-order valence-electron chi connectivity index (χ3n) is 2.97. The van der Waals surface area contributed by atoms with E-state index in [0.29, 0.717) is 0 Å². The highest BCUT2D eigenvalue weighted by Gasteiger charge is 2.13. The van der Waals surface area contributed by atoms with Crippen LogP contribution in [-0.2, 0) is 4.79 Å². The van der Waals surface area contributed by atoms with Gasteiger partial charge < -0.3 is 5.11 Å². The van der Waals surface area contributed by atoms with Crippen LogP contribution in [0.25, 0.3) is 0 Å². The van der Waals surface area contributed by atoms with Gasteiger partial charge >= 0.3 is 5.97 Å². The minimum Gasteiger partial charge on any atom is -0.481 e. The number of rotatable bonds is 8. The lowest BCUT2D eigenvalue weighted by Crippen LogP contribution is -2.11. The molecule has 14 heavy (non-hydrogen) atoms. The molecule has 0 heterocycles. The average Bonchev–Trinajstić information content (AvgIpc) is 2.17. The van der Waals surface area contributed by atoms with Crippen molar-refractivity contribution < 1.29 is 9.90 Å². The highest BCUT2D eigenvalue weighted by Crippen LogP contribution is 2.21. The summed E-state index contributed by atoms with van der Waals surface area (Å²) in [7, 11) is 0. The van der Waals surface area contributed by atoms with E-state index in [-0.39, 0.29) is 5.92 Å². The first-order valence-corrected chi connectivity index (χ1v) is 5.84. The van der Waals surface area contributed by atoms with Crippen LogP contribution in [0.3, 0.4) is 0 Å². The number of aliphatic carboxylic acids is 1. The second kappa shape index (κ2) is 7.84. The standard InChI is InChI=1S/C12H24O2/c1-4-6-7-11(5-2)9-8-10(3)12(13)14/h10-11H,4-9H2,1-3H3,(H,13,14). The summed E-state index contributed by atoms with van der Waals surface area (Å²) in [5.41, 5.74) is 0. The van der Waals surface area contributed by atoms with Gasteiger partial charge in [-0.1, -0.05) is 46.5 Å². The molecular formula is C12H24O2. The van der Waals surface area contributed by atoms with Gasteiger partial charge in [0.25, 0.3) is 0 Å². The second-order valence-electron chi connectivity index (χ2n) is 4.23. The normalized spacial score (nSPS) is 15.1. The van der Waals surface area contributed by atoms with E-state index >= 15 is 0 Å². The molecule has 0 amide bonds. The van der Waals surface area contributed by atoms with E-state index < -0.39 is 5.97 Å². The summed E-state index contributed by atoms with van der Waals surface area (Å²) in [5.74, 6) is -0.0993. The topological polar surface area (TPSA) is 37.3 Å². The highest BCUT2D eigenvalue weighted by molar-refractivity contribution is 5.69. The summed E-state index contributed by atoms with van der Waals surface area (Å²) in [5, 5.41) is 8.74. The Kier molecular flexibility index (Phi) is 7.54. The Bertz CT molecular complexity index is 154. The third-order valence-corrected chi connectivity index (χ3v) is 2.97. The largest absolute Gasteiger partial charge is 0.481 e. The van der Waals surface area contributed by atoms with Crippen LogP contribution in [0.15, 0.2) is 0 Å². The second-order valence-corrected chi connectivity index (χ2v) is 4.23. The molecule has 1 N–H and O–H groups in total. The van der Waals surface area contributed by atoms with Gasteiger partial charge in [0.15, 0.2) is 0 Å². The number of carboxylic acid groups (broad SMARTS) is 1. The van der Waals surface area contributed by atoms with E-state index in [9.17, 15) is 4.79 Å². The van der Waals surface area contributed by atoms with Crippen molar-refractivity contribution >= 4 is 5.97 Å². The summed E-state index contributed by atoms with van der Waals surface area (Å²) in [6, 6.07) is 0. The molecule has 0 spiro atoms. The Morgan fingerprint density at radius 1 is 1.21 bits per heavy atom. The maximum absolute atomic E-state index is 10.6. The average molecular weight is 200 g/mol. The van der Waals surface area contributed by atoms with Gasteiger partial charge in [-0.2, -0.15) is 0 Å². The van der Waals surface area contributed by atoms with Crippen LogP contribution in [0, 0.1) is 11.8 Å². The molecule has 0 aliphatic rings. The van der Waals surface area contributed by atoms with Gasteiger partial charge in [-0.3, -0.25) is 4.79 Å². The summed E-state index contributed by atoms with van der Waals surface area (Å²) in [6.45, 7) is 6.20. The van der Waals surface area contributed by atoms with E-state index in [1.807, 2.05) is 0 Å². The Labute approximate surface area is 87.7 Å². The summed E-state index contributed by atoms with van der Waals surface area (Å²) in [4.78, 5) is 10.6. The van der Waals surface area contributed by atoms with Gasteiger partial charge in [-0.05, 0) is 18.8 Å². The van der Waals surface area contributed by atoms with Crippen LogP contribution in [0.1, 0.15) is 59.3 Å². The van der Waals surface area contributed by atoms with Gasteiger partial charge in [0, 0.05) is 0 Å². The quantitative estimate of drug-likeness (QED) is 0.648. The molecule has 2 nitrogen and oxygen atoms in total. The summed E-state index contributed by atoms with van der Waals surface area (Å²) in [6.07, 6.45) is 6.87. The Morgan fingerprint density at radius 3 is 2.29 bits per heavy atom. The molecule has 84 valence electrons. The number of carboxylic acids is 1. The molecule has 0 aliphatic carbocycles. The lowest BCUT2D eigenvalue weighted by Gasteiger charge is -2.15. The predicted octanol–water partition coefficient (Wildman–Crippen LogP) is 3.70. The maximum Gasteiger partial charge on any atom is 0.306 e.